The van der Waals surface area contributed by atoms with Crippen LogP contribution in [0.3, 0.4) is 0 Å². The molecule has 0 aromatic carbocycles. The summed E-state index contributed by atoms with van der Waals surface area (Å²) in [6.07, 6.45) is -4.00. The smallest absolute Gasteiger partial charge is 0.374 e. The third-order valence-electron chi connectivity index (χ3n) is 3.42. The van der Waals surface area contributed by atoms with Crippen LogP contribution < -0.4 is 5.73 Å². The second-order valence-corrected chi connectivity index (χ2v) is 5.12. The first-order chi connectivity index (χ1) is 8.29. The molecule has 0 aromatic rings. The Kier molecular flexibility index (Phi) is 5.88. The van der Waals surface area contributed by atoms with Gasteiger partial charge in [0.25, 0.3) is 0 Å². The van der Waals surface area contributed by atoms with Crippen molar-refractivity contribution in [3.63, 3.8) is 0 Å². The topological polar surface area (TPSA) is 38.5 Å². The van der Waals surface area contributed by atoms with Crippen LogP contribution in [-0.4, -0.2) is 49.0 Å². The summed E-state index contributed by atoms with van der Waals surface area (Å²) < 4.78 is 41.7. The molecule has 0 aromatic heterocycles. The van der Waals surface area contributed by atoms with Gasteiger partial charge in [0.15, 0.2) is 0 Å². The number of alkyl halides is 3. The van der Waals surface area contributed by atoms with Crippen molar-refractivity contribution >= 4 is 0 Å². The minimum Gasteiger partial charge on any atom is -0.374 e. The maximum absolute atomic E-state index is 12.1. The number of ether oxygens (including phenoxy) is 1. The molecule has 0 amide bonds. The summed E-state index contributed by atoms with van der Waals surface area (Å²) in [5, 5.41) is 0. The highest BCUT2D eigenvalue weighted by molar-refractivity contribution is 4.80. The van der Waals surface area contributed by atoms with Gasteiger partial charge >= 0.3 is 6.18 Å². The Bertz CT molecular complexity index is 246. The van der Waals surface area contributed by atoms with Crippen molar-refractivity contribution in [1.82, 2.24) is 4.90 Å². The van der Waals surface area contributed by atoms with E-state index in [2.05, 4.69) is 4.90 Å². The maximum atomic E-state index is 12.1. The SMILES string of the molecule is CC(N)C1CN(C(C)CCCC(F)(F)F)CCO1. The minimum absolute atomic E-state index is 0.0104. The fourth-order valence-electron chi connectivity index (χ4n) is 2.20. The number of hydrogen-bond acceptors (Lipinski definition) is 3. The second-order valence-electron chi connectivity index (χ2n) is 5.12. The van der Waals surface area contributed by atoms with E-state index >= 15 is 0 Å². The van der Waals surface area contributed by atoms with Gasteiger partial charge in [-0.1, -0.05) is 0 Å². The van der Waals surface area contributed by atoms with E-state index < -0.39 is 12.6 Å². The van der Waals surface area contributed by atoms with Crippen LogP contribution in [0.5, 0.6) is 0 Å². The predicted octanol–water partition coefficient (Wildman–Crippen LogP) is 2.16. The molecule has 1 aliphatic heterocycles. The van der Waals surface area contributed by atoms with Gasteiger partial charge in [0.05, 0.1) is 12.7 Å². The predicted molar refractivity (Wildman–Crippen MR) is 64.3 cm³/mol. The summed E-state index contributed by atoms with van der Waals surface area (Å²) in [6, 6.07) is 0.104. The molecule has 1 rings (SSSR count). The van der Waals surface area contributed by atoms with Crippen LogP contribution >= 0.6 is 0 Å². The molecule has 3 atom stereocenters. The molecule has 0 bridgehead atoms. The number of nitrogens with two attached hydrogens (primary N) is 1. The summed E-state index contributed by atoms with van der Waals surface area (Å²) in [4.78, 5) is 2.17. The second kappa shape index (κ2) is 6.73. The van der Waals surface area contributed by atoms with E-state index in [4.69, 9.17) is 10.5 Å². The molecule has 18 heavy (non-hydrogen) atoms. The molecule has 2 N–H and O–H groups in total. The van der Waals surface area contributed by atoms with E-state index in [1.807, 2.05) is 13.8 Å². The Hall–Kier alpha value is -0.330. The highest BCUT2D eigenvalue weighted by Gasteiger charge is 2.29. The monoisotopic (exact) mass is 268 g/mol. The fourth-order valence-corrected chi connectivity index (χ4v) is 2.20. The molecule has 1 aliphatic rings. The number of rotatable bonds is 5. The summed E-state index contributed by atoms with van der Waals surface area (Å²) in [7, 11) is 0. The summed E-state index contributed by atoms with van der Waals surface area (Å²) in [6.45, 7) is 5.96. The maximum Gasteiger partial charge on any atom is 0.389 e. The van der Waals surface area contributed by atoms with Crippen molar-refractivity contribution in [2.75, 3.05) is 19.7 Å². The first-order valence-electron chi connectivity index (χ1n) is 6.47. The van der Waals surface area contributed by atoms with Crippen LogP contribution in [-0.2, 0) is 4.74 Å². The van der Waals surface area contributed by atoms with Gasteiger partial charge < -0.3 is 10.5 Å². The molecule has 6 heteroatoms. The van der Waals surface area contributed by atoms with Crippen molar-refractivity contribution < 1.29 is 17.9 Å². The molecule has 1 fully saturated rings. The lowest BCUT2D eigenvalue weighted by atomic mass is 10.1. The van der Waals surface area contributed by atoms with Crippen molar-refractivity contribution in [2.24, 2.45) is 5.73 Å². The van der Waals surface area contributed by atoms with E-state index in [1.54, 1.807) is 0 Å². The Balaban J connectivity index is 2.30. The molecule has 3 nitrogen and oxygen atoms in total. The lowest BCUT2D eigenvalue weighted by Gasteiger charge is -2.38. The molecule has 108 valence electrons. The quantitative estimate of drug-likeness (QED) is 0.830. The normalized spacial score (nSPS) is 26.0. The number of morpholine rings is 1. The van der Waals surface area contributed by atoms with Gasteiger partial charge in [0, 0.05) is 31.6 Å². The standard InChI is InChI=1S/C12H23F3N2O/c1-9(4-3-5-12(13,14)15)17-6-7-18-11(8-17)10(2)16/h9-11H,3-8,16H2,1-2H3. The molecular formula is C12H23F3N2O. The third-order valence-corrected chi connectivity index (χ3v) is 3.42. The van der Waals surface area contributed by atoms with Crippen molar-refractivity contribution in [1.29, 1.82) is 0 Å². The van der Waals surface area contributed by atoms with E-state index in [-0.39, 0.29) is 24.6 Å². The van der Waals surface area contributed by atoms with Gasteiger partial charge in [0.2, 0.25) is 0 Å². The Morgan fingerprint density at radius 2 is 2.06 bits per heavy atom. The van der Waals surface area contributed by atoms with Crippen LogP contribution in [0.4, 0.5) is 13.2 Å². The first-order valence-corrected chi connectivity index (χ1v) is 6.47. The molecule has 1 saturated heterocycles. The van der Waals surface area contributed by atoms with Crippen LogP contribution in [0.25, 0.3) is 0 Å². The third kappa shape index (κ3) is 5.54. The average Bonchev–Trinajstić information content (AvgIpc) is 2.27. The fraction of sp³-hybridized carbons (Fsp3) is 1.00. The van der Waals surface area contributed by atoms with E-state index in [0.717, 1.165) is 6.54 Å². The number of hydrogen-bond donors (Lipinski definition) is 1. The first kappa shape index (κ1) is 15.7. The Morgan fingerprint density at radius 1 is 1.39 bits per heavy atom. The van der Waals surface area contributed by atoms with Crippen LogP contribution in [0, 0.1) is 0 Å². The van der Waals surface area contributed by atoms with Crippen LogP contribution in [0.15, 0.2) is 0 Å². The van der Waals surface area contributed by atoms with Crippen molar-refractivity contribution in [3.05, 3.63) is 0 Å². The molecule has 1 heterocycles. The molecule has 0 radical (unpaired) electrons. The largest absolute Gasteiger partial charge is 0.389 e. The van der Waals surface area contributed by atoms with Gasteiger partial charge in [-0.3, -0.25) is 4.90 Å². The summed E-state index contributed by atoms with van der Waals surface area (Å²) in [5.74, 6) is 0. The highest BCUT2D eigenvalue weighted by atomic mass is 19.4. The lowest BCUT2D eigenvalue weighted by molar-refractivity contribution is -0.136. The van der Waals surface area contributed by atoms with Gasteiger partial charge in [-0.15, -0.1) is 0 Å². The van der Waals surface area contributed by atoms with E-state index in [1.165, 1.54) is 0 Å². The van der Waals surface area contributed by atoms with Crippen LogP contribution in [0.2, 0.25) is 0 Å². The number of halogens is 3. The number of nitrogens with zero attached hydrogens (tertiary/aromatic N) is 1. The Morgan fingerprint density at radius 3 is 2.61 bits per heavy atom. The van der Waals surface area contributed by atoms with Crippen molar-refractivity contribution in [3.8, 4) is 0 Å². The molecule has 0 aliphatic carbocycles. The summed E-state index contributed by atoms with van der Waals surface area (Å²) >= 11 is 0. The van der Waals surface area contributed by atoms with Gasteiger partial charge in [-0.05, 0) is 26.7 Å². The molecular weight excluding hydrogens is 245 g/mol. The molecule has 0 spiro atoms. The Labute approximate surface area is 106 Å². The van der Waals surface area contributed by atoms with E-state index in [9.17, 15) is 13.2 Å². The lowest BCUT2D eigenvalue weighted by Crippen LogP contribution is -2.52. The van der Waals surface area contributed by atoms with Gasteiger partial charge in [-0.2, -0.15) is 13.2 Å². The zero-order valence-corrected chi connectivity index (χ0v) is 11.0. The summed E-state index contributed by atoms with van der Waals surface area (Å²) in [5.41, 5.74) is 5.79. The zero-order chi connectivity index (χ0) is 13.8. The average molecular weight is 268 g/mol. The highest BCUT2D eigenvalue weighted by Crippen LogP contribution is 2.24. The molecule has 3 unspecified atom stereocenters. The van der Waals surface area contributed by atoms with Gasteiger partial charge in [-0.25, -0.2) is 0 Å². The van der Waals surface area contributed by atoms with Crippen LogP contribution in [0.1, 0.15) is 33.1 Å². The van der Waals surface area contributed by atoms with E-state index in [0.29, 0.717) is 19.6 Å². The van der Waals surface area contributed by atoms with Crippen molar-refractivity contribution in [2.45, 2.75) is 57.5 Å². The molecule has 0 saturated carbocycles. The zero-order valence-electron chi connectivity index (χ0n) is 11.0. The van der Waals surface area contributed by atoms with Gasteiger partial charge in [0.1, 0.15) is 0 Å². The minimum atomic E-state index is -4.04.